The number of carbonyl (C=O) groups is 1. The van der Waals surface area contributed by atoms with Gasteiger partial charge in [0.25, 0.3) is 0 Å². The van der Waals surface area contributed by atoms with Crippen LogP contribution < -0.4 is 10.0 Å². The third-order valence-electron chi connectivity index (χ3n) is 7.05. The van der Waals surface area contributed by atoms with Gasteiger partial charge in [-0.3, -0.25) is 4.79 Å². The van der Waals surface area contributed by atoms with E-state index in [0.29, 0.717) is 31.2 Å². The maximum absolute atomic E-state index is 12.8. The van der Waals surface area contributed by atoms with E-state index < -0.39 is 10.0 Å². The van der Waals surface area contributed by atoms with Crippen LogP contribution in [0.1, 0.15) is 84.0 Å². The highest BCUT2D eigenvalue weighted by molar-refractivity contribution is 7.90. The van der Waals surface area contributed by atoms with Crippen molar-refractivity contribution in [2.24, 2.45) is 11.8 Å². The lowest BCUT2D eigenvalue weighted by molar-refractivity contribution is -0.127. The van der Waals surface area contributed by atoms with Gasteiger partial charge in [-0.15, -0.1) is 0 Å². The number of methoxy groups -OCH3 is 1. The van der Waals surface area contributed by atoms with Crippen molar-refractivity contribution in [2.45, 2.75) is 107 Å². The van der Waals surface area contributed by atoms with E-state index in [4.69, 9.17) is 4.74 Å². The minimum atomic E-state index is -3.34. The Balaban J connectivity index is 1.49. The zero-order valence-electron chi connectivity index (χ0n) is 17.5. The zero-order chi connectivity index (χ0) is 20.1. The summed E-state index contributed by atoms with van der Waals surface area (Å²) in [7, 11) is -1.64. The Morgan fingerprint density at radius 1 is 0.893 bits per heavy atom. The van der Waals surface area contributed by atoms with Gasteiger partial charge in [0, 0.05) is 25.1 Å². The Hall–Kier alpha value is -0.660. The summed E-state index contributed by atoms with van der Waals surface area (Å²) in [6, 6.07) is 0.184. The van der Waals surface area contributed by atoms with E-state index in [9.17, 15) is 13.2 Å². The molecule has 0 saturated heterocycles. The third-order valence-corrected chi connectivity index (χ3v) is 9.06. The lowest BCUT2D eigenvalue weighted by Gasteiger charge is -2.34. The Morgan fingerprint density at radius 3 is 2.25 bits per heavy atom. The molecule has 162 valence electrons. The number of carbonyl (C=O) groups excluding carboxylic acids is 1. The zero-order valence-corrected chi connectivity index (χ0v) is 18.3. The molecule has 7 heteroatoms. The Kier molecular flexibility index (Phi) is 7.79. The Morgan fingerprint density at radius 2 is 1.57 bits per heavy atom. The van der Waals surface area contributed by atoms with Crippen molar-refractivity contribution in [2.75, 3.05) is 7.11 Å². The summed E-state index contributed by atoms with van der Waals surface area (Å²) in [6.45, 7) is 2.25. The van der Waals surface area contributed by atoms with E-state index in [1.54, 1.807) is 7.11 Å². The second-order valence-corrected chi connectivity index (χ2v) is 11.3. The predicted octanol–water partition coefficient (Wildman–Crippen LogP) is 3.12. The number of ether oxygens (including phenoxy) is 1. The monoisotopic (exact) mass is 414 g/mol. The van der Waals surface area contributed by atoms with E-state index in [1.807, 2.05) is 0 Å². The Bertz CT molecular complexity index is 616. The van der Waals surface area contributed by atoms with Crippen LogP contribution in [0.2, 0.25) is 0 Å². The lowest BCUT2D eigenvalue weighted by atomic mass is 9.84. The van der Waals surface area contributed by atoms with E-state index in [1.165, 1.54) is 12.8 Å². The van der Waals surface area contributed by atoms with Gasteiger partial charge in [0.05, 0.1) is 11.4 Å². The van der Waals surface area contributed by atoms with Crippen LogP contribution in [0.5, 0.6) is 0 Å². The average molecular weight is 415 g/mol. The highest BCUT2D eigenvalue weighted by Gasteiger charge is 2.35. The quantitative estimate of drug-likeness (QED) is 0.699. The minimum absolute atomic E-state index is 0.0667. The van der Waals surface area contributed by atoms with Gasteiger partial charge in [0.15, 0.2) is 0 Å². The molecule has 4 atom stereocenters. The van der Waals surface area contributed by atoms with E-state index >= 15 is 0 Å². The maximum Gasteiger partial charge on any atom is 0.223 e. The van der Waals surface area contributed by atoms with E-state index in [-0.39, 0.29) is 29.2 Å². The molecule has 6 nitrogen and oxygen atoms in total. The van der Waals surface area contributed by atoms with Crippen LogP contribution >= 0.6 is 0 Å². The molecule has 3 saturated carbocycles. The molecule has 3 aliphatic carbocycles. The van der Waals surface area contributed by atoms with Crippen LogP contribution in [0.3, 0.4) is 0 Å². The van der Waals surface area contributed by atoms with Crippen molar-refractivity contribution in [3.8, 4) is 0 Å². The summed E-state index contributed by atoms with van der Waals surface area (Å²) in [5.74, 6) is 0.740. The van der Waals surface area contributed by atoms with Gasteiger partial charge in [-0.05, 0) is 63.7 Å². The molecule has 0 aromatic carbocycles. The first-order valence-electron chi connectivity index (χ1n) is 11.2. The highest BCUT2D eigenvalue weighted by Crippen LogP contribution is 2.30. The Labute approximate surface area is 170 Å². The van der Waals surface area contributed by atoms with Crippen LogP contribution in [0.15, 0.2) is 0 Å². The lowest BCUT2D eigenvalue weighted by Crippen LogP contribution is -2.47. The number of sulfonamides is 1. The molecule has 0 spiro atoms. The van der Waals surface area contributed by atoms with Crippen molar-refractivity contribution in [1.82, 2.24) is 10.0 Å². The van der Waals surface area contributed by atoms with Gasteiger partial charge < -0.3 is 10.1 Å². The molecule has 0 radical (unpaired) electrons. The maximum atomic E-state index is 12.8. The molecule has 28 heavy (non-hydrogen) atoms. The number of amides is 1. The van der Waals surface area contributed by atoms with Crippen LogP contribution in [0.25, 0.3) is 0 Å². The molecule has 0 heterocycles. The predicted molar refractivity (Wildman–Crippen MR) is 110 cm³/mol. The molecule has 0 aromatic rings. The van der Waals surface area contributed by atoms with Crippen molar-refractivity contribution in [3.05, 3.63) is 0 Å². The fourth-order valence-corrected chi connectivity index (χ4v) is 7.09. The van der Waals surface area contributed by atoms with Crippen LogP contribution in [0, 0.1) is 11.8 Å². The second kappa shape index (κ2) is 9.90. The topological polar surface area (TPSA) is 84.5 Å². The number of hydrogen-bond acceptors (Lipinski definition) is 4. The first-order chi connectivity index (χ1) is 13.4. The van der Waals surface area contributed by atoms with Crippen molar-refractivity contribution in [3.63, 3.8) is 0 Å². The van der Waals surface area contributed by atoms with Gasteiger partial charge in [-0.1, -0.05) is 26.2 Å². The minimum Gasteiger partial charge on any atom is -0.381 e. The average Bonchev–Trinajstić information content (AvgIpc) is 2.68. The number of nitrogens with one attached hydrogen (secondary N) is 2. The molecule has 3 fully saturated rings. The molecule has 2 N–H and O–H groups in total. The van der Waals surface area contributed by atoms with Gasteiger partial charge in [0.2, 0.25) is 15.9 Å². The molecule has 4 unspecified atom stereocenters. The van der Waals surface area contributed by atoms with E-state index in [0.717, 1.165) is 44.9 Å². The fraction of sp³-hybridized carbons (Fsp3) is 0.952. The molecule has 1 amide bonds. The summed E-state index contributed by atoms with van der Waals surface area (Å²) in [5.41, 5.74) is 0. The first kappa shape index (κ1) is 22.0. The van der Waals surface area contributed by atoms with Crippen molar-refractivity contribution >= 4 is 15.9 Å². The van der Waals surface area contributed by atoms with Crippen molar-refractivity contribution in [1.29, 1.82) is 0 Å². The molecule has 0 bridgehead atoms. The standard InChI is InChI=1S/C21H38N2O4S/c1-15-5-3-7-17(13-15)22-21(24)16-6-4-8-18(14-16)23-28(25,26)20-11-9-19(27-2)10-12-20/h15-20,23H,3-14H2,1-2H3,(H,22,24). The van der Waals surface area contributed by atoms with Gasteiger partial charge in [-0.25, -0.2) is 13.1 Å². The second-order valence-electron chi connectivity index (χ2n) is 9.34. The van der Waals surface area contributed by atoms with Crippen LogP contribution in [-0.2, 0) is 19.6 Å². The molecule has 3 rings (SSSR count). The molecular weight excluding hydrogens is 376 g/mol. The number of rotatable bonds is 6. The number of hydrogen-bond donors (Lipinski definition) is 2. The summed E-state index contributed by atoms with van der Waals surface area (Å²) in [4.78, 5) is 12.8. The summed E-state index contributed by atoms with van der Waals surface area (Å²) in [6.07, 6.45) is 10.9. The normalized spacial score (nSPS) is 37.4. The van der Waals surface area contributed by atoms with Gasteiger partial charge in [0.1, 0.15) is 0 Å². The van der Waals surface area contributed by atoms with Gasteiger partial charge in [-0.2, -0.15) is 0 Å². The molecule has 0 aliphatic heterocycles. The third kappa shape index (κ3) is 5.92. The van der Waals surface area contributed by atoms with Crippen molar-refractivity contribution < 1.29 is 17.9 Å². The fourth-order valence-electron chi connectivity index (χ4n) is 5.33. The smallest absolute Gasteiger partial charge is 0.223 e. The summed E-state index contributed by atoms with van der Waals surface area (Å²) >= 11 is 0. The van der Waals surface area contributed by atoms with E-state index in [2.05, 4.69) is 17.0 Å². The molecule has 3 aliphatic rings. The summed E-state index contributed by atoms with van der Waals surface area (Å²) in [5, 5.41) is 2.92. The van der Waals surface area contributed by atoms with Crippen LogP contribution in [-0.4, -0.2) is 44.9 Å². The SMILES string of the molecule is COC1CCC(S(=O)(=O)NC2CCCC(C(=O)NC3CCCC(C)C3)C2)CC1. The highest BCUT2D eigenvalue weighted by atomic mass is 32.2. The molecule has 0 aromatic heterocycles. The first-order valence-corrected chi connectivity index (χ1v) is 12.8. The summed E-state index contributed by atoms with van der Waals surface area (Å²) < 4.78 is 33.9. The van der Waals surface area contributed by atoms with Crippen LogP contribution in [0.4, 0.5) is 0 Å². The van der Waals surface area contributed by atoms with Gasteiger partial charge >= 0.3 is 0 Å². The molecular formula is C21H38N2O4S. The largest absolute Gasteiger partial charge is 0.381 e.